The SMILES string of the molecule is CSc1nc(N)c(C(N)=O)cc1C(N)=O. The molecule has 0 aromatic carbocycles. The molecule has 0 saturated heterocycles. The second-order valence-corrected chi connectivity index (χ2v) is 3.50. The molecule has 7 heteroatoms. The van der Waals surface area contributed by atoms with Crippen molar-refractivity contribution in [3.05, 3.63) is 17.2 Å². The number of thioether (sulfide) groups is 1. The second-order valence-electron chi connectivity index (χ2n) is 2.71. The average Bonchev–Trinajstić information content (AvgIpc) is 2.16. The van der Waals surface area contributed by atoms with E-state index < -0.39 is 11.8 Å². The van der Waals surface area contributed by atoms with Gasteiger partial charge in [-0.1, -0.05) is 0 Å². The fraction of sp³-hybridized carbons (Fsp3) is 0.125. The van der Waals surface area contributed by atoms with Crippen molar-refractivity contribution in [3.63, 3.8) is 0 Å². The average molecular weight is 226 g/mol. The van der Waals surface area contributed by atoms with Gasteiger partial charge in [0.05, 0.1) is 11.1 Å². The highest BCUT2D eigenvalue weighted by Crippen LogP contribution is 2.21. The molecule has 0 unspecified atom stereocenters. The molecule has 1 heterocycles. The molecular formula is C8H10N4O2S. The van der Waals surface area contributed by atoms with Gasteiger partial charge in [-0.15, -0.1) is 11.8 Å². The highest BCUT2D eigenvalue weighted by Gasteiger charge is 2.16. The fourth-order valence-corrected chi connectivity index (χ4v) is 1.61. The van der Waals surface area contributed by atoms with Crippen LogP contribution in [0.5, 0.6) is 0 Å². The lowest BCUT2D eigenvalue weighted by atomic mass is 10.1. The highest BCUT2D eigenvalue weighted by molar-refractivity contribution is 7.98. The third-order valence-corrected chi connectivity index (χ3v) is 2.44. The van der Waals surface area contributed by atoms with Crippen LogP contribution < -0.4 is 17.2 Å². The lowest BCUT2D eigenvalue weighted by Gasteiger charge is -2.07. The molecule has 15 heavy (non-hydrogen) atoms. The molecule has 6 nitrogen and oxygen atoms in total. The van der Waals surface area contributed by atoms with E-state index in [1.54, 1.807) is 6.26 Å². The van der Waals surface area contributed by atoms with Crippen LogP contribution in [0.3, 0.4) is 0 Å². The Morgan fingerprint density at radius 3 is 2.20 bits per heavy atom. The first-order chi connectivity index (χ1) is 6.97. The Kier molecular flexibility index (Phi) is 3.15. The number of amides is 2. The normalized spacial score (nSPS) is 9.93. The van der Waals surface area contributed by atoms with Crippen molar-refractivity contribution < 1.29 is 9.59 Å². The van der Waals surface area contributed by atoms with Gasteiger partial charge in [-0.2, -0.15) is 0 Å². The van der Waals surface area contributed by atoms with Gasteiger partial charge in [-0.05, 0) is 12.3 Å². The van der Waals surface area contributed by atoms with Crippen molar-refractivity contribution in [2.45, 2.75) is 5.03 Å². The van der Waals surface area contributed by atoms with E-state index in [1.165, 1.54) is 17.8 Å². The maximum absolute atomic E-state index is 11.0. The van der Waals surface area contributed by atoms with Crippen LogP contribution in [0.4, 0.5) is 5.82 Å². The van der Waals surface area contributed by atoms with E-state index in [4.69, 9.17) is 17.2 Å². The second kappa shape index (κ2) is 4.18. The van der Waals surface area contributed by atoms with Crippen LogP contribution in [0, 0.1) is 0 Å². The van der Waals surface area contributed by atoms with Crippen LogP contribution in [0.1, 0.15) is 20.7 Å². The summed E-state index contributed by atoms with van der Waals surface area (Å²) in [6.45, 7) is 0. The Morgan fingerprint density at radius 2 is 1.80 bits per heavy atom. The predicted octanol–water partition coefficient (Wildman–Crippen LogP) is -0.416. The first-order valence-electron chi connectivity index (χ1n) is 3.91. The first kappa shape index (κ1) is 11.3. The molecule has 0 aliphatic carbocycles. The maximum atomic E-state index is 11.0. The van der Waals surface area contributed by atoms with E-state index in [0.29, 0.717) is 5.03 Å². The van der Waals surface area contributed by atoms with Crippen molar-refractivity contribution in [2.75, 3.05) is 12.0 Å². The Balaban J connectivity index is 3.43. The lowest BCUT2D eigenvalue weighted by molar-refractivity contribution is 0.0997. The molecular weight excluding hydrogens is 216 g/mol. The third kappa shape index (κ3) is 2.18. The van der Waals surface area contributed by atoms with E-state index >= 15 is 0 Å². The van der Waals surface area contributed by atoms with E-state index in [9.17, 15) is 9.59 Å². The standard InChI is InChI=1S/C8H10N4O2S/c1-15-8-4(7(11)14)2-3(6(10)13)5(9)12-8/h2H,1H3,(H2,9,12)(H2,10,13)(H2,11,14). The summed E-state index contributed by atoms with van der Waals surface area (Å²) in [5, 5.41) is 0.380. The van der Waals surface area contributed by atoms with Crippen LogP contribution in [0.2, 0.25) is 0 Å². The lowest BCUT2D eigenvalue weighted by Crippen LogP contribution is -2.19. The van der Waals surface area contributed by atoms with Crippen LogP contribution in [0.25, 0.3) is 0 Å². The molecule has 0 fully saturated rings. The number of anilines is 1. The minimum Gasteiger partial charge on any atom is -0.383 e. The summed E-state index contributed by atoms with van der Waals surface area (Å²) in [5.41, 5.74) is 15.8. The number of nitrogens with zero attached hydrogens (tertiary/aromatic N) is 1. The minimum absolute atomic E-state index is 0.00148. The Hall–Kier alpha value is -1.76. The molecule has 0 aliphatic heterocycles. The number of nitrogens with two attached hydrogens (primary N) is 3. The van der Waals surface area contributed by atoms with Crippen LogP contribution >= 0.6 is 11.8 Å². The molecule has 80 valence electrons. The molecule has 0 bridgehead atoms. The zero-order valence-electron chi connectivity index (χ0n) is 7.98. The van der Waals surface area contributed by atoms with Gasteiger partial charge in [0.1, 0.15) is 10.8 Å². The van der Waals surface area contributed by atoms with E-state index in [-0.39, 0.29) is 16.9 Å². The van der Waals surface area contributed by atoms with Crippen LogP contribution in [-0.2, 0) is 0 Å². The molecule has 6 N–H and O–H groups in total. The summed E-state index contributed by atoms with van der Waals surface area (Å²) < 4.78 is 0. The summed E-state index contributed by atoms with van der Waals surface area (Å²) in [4.78, 5) is 25.9. The highest BCUT2D eigenvalue weighted by atomic mass is 32.2. The molecule has 0 saturated carbocycles. The van der Waals surface area contributed by atoms with E-state index in [0.717, 1.165) is 0 Å². The van der Waals surface area contributed by atoms with Gasteiger partial charge in [0, 0.05) is 0 Å². The zero-order chi connectivity index (χ0) is 11.6. The molecule has 0 spiro atoms. The Bertz CT molecular complexity index is 433. The van der Waals surface area contributed by atoms with Gasteiger partial charge < -0.3 is 17.2 Å². The summed E-state index contributed by atoms with van der Waals surface area (Å²) >= 11 is 1.21. The Morgan fingerprint density at radius 1 is 1.27 bits per heavy atom. The number of hydrogen-bond donors (Lipinski definition) is 3. The van der Waals surface area contributed by atoms with Gasteiger partial charge >= 0.3 is 0 Å². The monoisotopic (exact) mass is 226 g/mol. The molecule has 2 amide bonds. The van der Waals surface area contributed by atoms with Crippen LogP contribution in [0.15, 0.2) is 11.1 Å². The largest absolute Gasteiger partial charge is 0.383 e. The minimum atomic E-state index is -0.741. The van der Waals surface area contributed by atoms with Crippen molar-refractivity contribution in [3.8, 4) is 0 Å². The molecule has 0 atom stereocenters. The first-order valence-corrected chi connectivity index (χ1v) is 5.14. The summed E-state index contributed by atoms with van der Waals surface area (Å²) in [6, 6.07) is 1.26. The number of pyridine rings is 1. The number of carbonyl (C=O) groups is 2. The van der Waals surface area contributed by atoms with Gasteiger partial charge in [-0.3, -0.25) is 9.59 Å². The molecule has 0 radical (unpaired) electrons. The van der Waals surface area contributed by atoms with Crippen molar-refractivity contribution in [2.24, 2.45) is 11.5 Å². The molecule has 0 aliphatic rings. The molecule has 1 rings (SSSR count). The molecule has 1 aromatic heterocycles. The topological polar surface area (TPSA) is 125 Å². The fourth-order valence-electron chi connectivity index (χ4n) is 1.04. The number of rotatable bonds is 3. The number of carbonyl (C=O) groups excluding carboxylic acids is 2. The summed E-state index contributed by atoms with van der Waals surface area (Å²) in [7, 11) is 0. The van der Waals surface area contributed by atoms with Crippen molar-refractivity contribution in [1.82, 2.24) is 4.98 Å². The van der Waals surface area contributed by atoms with Gasteiger partial charge in [-0.25, -0.2) is 4.98 Å². The maximum Gasteiger partial charge on any atom is 0.252 e. The smallest absolute Gasteiger partial charge is 0.252 e. The Labute approximate surface area is 90.2 Å². The van der Waals surface area contributed by atoms with Gasteiger partial charge in [0.15, 0.2) is 0 Å². The summed E-state index contributed by atoms with van der Waals surface area (Å²) in [5.74, 6) is -1.42. The quantitative estimate of drug-likeness (QED) is 0.604. The van der Waals surface area contributed by atoms with E-state index in [2.05, 4.69) is 4.98 Å². The third-order valence-electron chi connectivity index (χ3n) is 1.74. The molecule has 1 aromatic rings. The van der Waals surface area contributed by atoms with E-state index in [1.807, 2.05) is 0 Å². The number of primary amides is 2. The van der Waals surface area contributed by atoms with Crippen molar-refractivity contribution in [1.29, 1.82) is 0 Å². The number of nitrogen functional groups attached to an aromatic ring is 1. The van der Waals surface area contributed by atoms with Crippen LogP contribution in [-0.4, -0.2) is 23.1 Å². The number of aromatic nitrogens is 1. The van der Waals surface area contributed by atoms with Gasteiger partial charge in [0.25, 0.3) is 11.8 Å². The summed E-state index contributed by atoms with van der Waals surface area (Å²) in [6.07, 6.45) is 1.72. The predicted molar refractivity (Wildman–Crippen MR) is 57.5 cm³/mol. The van der Waals surface area contributed by atoms with Gasteiger partial charge in [0.2, 0.25) is 0 Å². The number of hydrogen-bond acceptors (Lipinski definition) is 5. The van der Waals surface area contributed by atoms with Crippen molar-refractivity contribution >= 4 is 29.4 Å². The zero-order valence-corrected chi connectivity index (χ0v) is 8.80.